The van der Waals surface area contributed by atoms with E-state index in [2.05, 4.69) is 19.2 Å². The number of hydrogen-bond acceptors (Lipinski definition) is 4. The van der Waals surface area contributed by atoms with Crippen molar-refractivity contribution in [3.8, 4) is 5.75 Å². The lowest BCUT2D eigenvalue weighted by molar-refractivity contribution is -0.384. The summed E-state index contributed by atoms with van der Waals surface area (Å²) < 4.78 is 5.28. The Balaban J connectivity index is 2.11. The fourth-order valence-corrected chi connectivity index (χ4v) is 2.95. The van der Waals surface area contributed by atoms with E-state index in [9.17, 15) is 10.1 Å². The first-order valence-electron chi connectivity index (χ1n) is 6.99. The highest BCUT2D eigenvalue weighted by Gasteiger charge is 2.33. The molecular weight excluding hydrogens is 256 g/mol. The quantitative estimate of drug-likeness (QED) is 0.663. The first-order valence-corrected chi connectivity index (χ1v) is 6.99. The van der Waals surface area contributed by atoms with Gasteiger partial charge in [-0.1, -0.05) is 20.3 Å². The van der Waals surface area contributed by atoms with Crippen LogP contribution in [0.15, 0.2) is 18.2 Å². The number of rotatable bonds is 5. The van der Waals surface area contributed by atoms with Crippen LogP contribution in [-0.4, -0.2) is 18.1 Å². The summed E-state index contributed by atoms with van der Waals surface area (Å²) in [5.41, 5.74) is 1.23. The highest BCUT2D eigenvalue weighted by atomic mass is 16.6. The first kappa shape index (κ1) is 14.8. The third-order valence-corrected chi connectivity index (χ3v) is 4.27. The Kier molecular flexibility index (Phi) is 4.28. The largest absolute Gasteiger partial charge is 0.496 e. The van der Waals surface area contributed by atoms with Crippen molar-refractivity contribution in [1.82, 2.24) is 5.32 Å². The van der Waals surface area contributed by atoms with Gasteiger partial charge in [0.25, 0.3) is 5.69 Å². The Morgan fingerprint density at radius 1 is 1.50 bits per heavy atom. The molecule has 0 bridgehead atoms. The second kappa shape index (κ2) is 5.79. The Hall–Kier alpha value is -1.62. The van der Waals surface area contributed by atoms with Crippen LogP contribution in [0.2, 0.25) is 0 Å². The van der Waals surface area contributed by atoms with E-state index in [1.54, 1.807) is 19.2 Å². The average Bonchev–Trinajstić information content (AvgIpc) is 2.74. The number of nitrogens with zero attached hydrogens (tertiary/aromatic N) is 1. The van der Waals surface area contributed by atoms with Crippen molar-refractivity contribution in [2.75, 3.05) is 7.11 Å². The molecular formula is C15H22N2O3. The molecule has 2 rings (SSSR count). The summed E-state index contributed by atoms with van der Waals surface area (Å²) >= 11 is 0. The predicted octanol–water partition coefficient (Wildman–Crippen LogP) is 3.27. The maximum Gasteiger partial charge on any atom is 0.270 e. The smallest absolute Gasteiger partial charge is 0.270 e. The molecule has 1 fully saturated rings. The van der Waals surface area contributed by atoms with Gasteiger partial charge >= 0.3 is 0 Å². The van der Waals surface area contributed by atoms with E-state index in [1.165, 1.54) is 18.9 Å². The number of benzene rings is 1. The van der Waals surface area contributed by atoms with E-state index in [1.807, 2.05) is 0 Å². The Morgan fingerprint density at radius 2 is 2.25 bits per heavy atom. The Labute approximate surface area is 119 Å². The molecule has 1 aliphatic rings. The molecule has 0 amide bonds. The minimum Gasteiger partial charge on any atom is -0.496 e. The van der Waals surface area contributed by atoms with Crippen LogP contribution in [0.1, 0.15) is 38.7 Å². The van der Waals surface area contributed by atoms with Gasteiger partial charge in [0.1, 0.15) is 5.75 Å². The van der Waals surface area contributed by atoms with Gasteiger partial charge in [0.15, 0.2) is 0 Å². The maximum absolute atomic E-state index is 10.9. The van der Waals surface area contributed by atoms with E-state index in [0.29, 0.717) is 18.3 Å². The van der Waals surface area contributed by atoms with E-state index >= 15 is 0 Å². The number of nitrogens with one attached hydrogen (secondary N) is 1. The van der Waals surface area contributed by atoms with E-state index < -0.39 is 0 Å². The summed E-state index contributed by atoms with van der Waals surface area (Å²) in [6.45, 7) is 5.13. The molecule has 20 heavy (non-hydrogen) atoms. The third-order valence-electron chi connectivity index (χ3n) is 4.27. The fraction of sp³-hybridized carbons (Fsp3) is 0.600. The lowest BCUT2D eigenvalue weighted by atomic mass is 9.87. The van der Waals surface area contributed by atoms with Gasteiger partial charge in [-0.15, -0.1) is 0 Å². The molecule has 1 atom stereocenters. The fourth-order valence-electron chi connectivity index (χ4n) is 2.95. The number of ether oxygens (including phenoxy) is 1. The van der Waals surface area contributed by atoms with Crippen molar-refractivity contribution in [1.29, 1.82) is 0 Å². The molecule has 110 valence electrons. The van der Waals surface area contributed by atoms with Crippen molar-refractivity contribution in [3.63, 3.8) is 0 Å². The van der Waals surface area contributed by atoms with Gasteiger partial charge in [0.05, 0.1) is 12.0 Å². The SMILES string of the molecule is COc1ccc([N+](=O)[O-])cc1CNC1CCCC1(C)C. The minimum absolute atomic E-state index is 0.105. The van der Waals surface area contributed by atoms with E-state index in [4.69, 9.17) is 4.74 Å². The summed E-state index contributed by atoms with van der Waals surface area (Å²) in [6, 6.07) is 5.18. The van der Waals surface area contributed by atoms with Crippen LogP contribution in [0.3, 0.4) is 0 Å². The molecule has 1 aromatic rings. The van der Waals surface area contributed by atoms with Crippen LogP contribution in [0, 0.1) is 15.5 Å². The monoisotopic (exact) mass is 278 g/mol. The maximum atomic E-state index is 10.9. The van der Waals surface area contributed by atoms with Crippen molar-refractivity contribution in [2.24, 2.45) is 5.41 Å². The van der Waals surface area contributed by atoms with Crippen LogP contribution < -0.4 is 10.1 Å². The molecule has 1 aliphatic carbocycles. The molecule has 0 radical (unpaired) electrons. The number of hydrogen-bond donors (Lipinski definition) is 1. The molecule has 0 spiro atoms. The number of nitro groups is 1. The van der Waals surface area contributed by atoms with Gasteiger partial charge in [-0.25, -0.2) is 0 Å². The van der Waals surface area contributed by atoms with Gasteiger partial charge in [-0.3, -0.25) is 10.1 Å². The summed E-state index contributed by atoms with van der Waals surface area (Å²) in [6.07, 6.45) is 3.61. The van der Waals surface area contributed by atoms with Crippen LogP contribution in [0.25, 0.3) is 0 Å². The van der Waals surface area contributed by atoms with Crippen LogP contribution in [0.5, 0.6) is 5.75 Å². The van der Waals surface area contributed by atoms with Crippen molar-refractivity contribution < 1.29 is 9.66 Å². The zero-order chi connectivity index (χ0) is 14.8. The van der Waals surface area contributed by atoms with E-state index in [0.717, 1.165) is 12.0 Å². The number of methoxy groups -OCH3 is 1. The Bertz CT molecular complexity index is 500. The minimum atomic E-state index is -0.373. The third kappa shape index (κ3) is 3.10. The van der Waals surface area contributed by atoms with Crippen molar-refractivity contribution in [3.05, 3.63) is 33.9 Å². The van der Waals surface area contributed by atoms with Gasteiger partial charge < -0.3 is 10.1 Å². The summed E-state index contributed by atoms with van der Waals surface area (Å²) in [4.78, 5) is 10.5. The van der Waals surface area contributed by atoms with Crippen LogP contribution >= 0.6 is 0 Å². The topological polar surface area (TPSA) is 64.4 Å². The molecule has 0 heterocycles. The molecule has 1 aromatic carbocycles. The standard InChI is InChI=1S/C15H22N2O3/c1-15(2)8-4-5-14(15)16-10-11-9-12(17(18)19)6-7-13(11)20-3/h6-7,9,14,16H,4-5,8,10H2,1-3H3. The Morgan fingerprint density at radius 3 is 2.80 bits per heavy atom. The number of nitro benzene ring substituents is 1. The molecule has 1 saturated carbocycles. The molecule has 5 nitrogen and oxygen atoms in total. The predicted molar refractivity (Wildman–Crippen MR) is 77.9 cm³/mol. The van der Waals surface area contributed by atoms with Crippen molar-refractivity contribution >= 4 is 5.69 Å². The van der Waals surface area contributed by atoms with Gasteiger partial charge in [0.2, 0.25) is 0 Å². The number of non-ortho nitro benzene ring substituents is 1. The molecule has 1 N–H and O–H groups in total. The second-order valence-corrected chi connectivity index (χ2v) is 6.07. The van der Waals surface area contributed by atoms with Crippen LogP contribution in [0.4, 0.5) is 5.69 Å². The summed E-state index contributed by atoms with van der Waals surface area (Å²) in [7, 11) is 1.59. The first-order chi connectivity index (χ1) is 9.44. The van der Waals surface area contributed by atoms with Gasteiger partial charge in [-0.05, 0) is 24.3 Å². The zero-order valence-corrected chi connectivity index (χ0v) is 12.3. The normalized spacial score (nSPS) is 20.9. The molecule has 0 aliphatic heterocycles. The summed E-state index contributed by atoms with van der Waals surface area (Å²) in [5.74, 6) is 0.693. The van der Waals surface area contributed by atoms with Crippen molar-refractivity contribution in [2.45, 2.75) is 45.7 Å². The lowest BCUT2D eigenvalue weighted by Gasteiger charge is -2.28. The zero-order valence-electron chi connectivity index (χ0n) is 12.3. The molecule has 5 heteroatoms. The average molecular weight is 278 g/mol. The molecule has 0 aromatic heterocycles. The van der Waals surface area contributed by atoms with Gasteiger partial charge in [0, 0.05) is 30.3 Å². The van der Waals surface area contributed by atoms with E-state index in [-0.39, 0.29) is 16.0 Å². The second-order valence-electron chi connectivity index (χ2n) is 6.07. The molecule has 0 saturated heterocycles. The highest BCUT2D eigenvalue weighted by Crippen LogP contribution is 2.37. The highest BCUT2D eigenvalue weighted by molar-refractivity contribution is 5.43. The lowest BCUT2D eigenvalue weighted by Crippen LogP contribution is -2.37. The summed E-state index contributed by atoms with van der Waals surface area (Å²) in [5, 5.41) is 14.4. The van der Waals surface area contributed by atoms with Gasteiger partial charge in [-0.2, -0.15) is 0 Å². The van der Waals surface area contributed by atoms with Crippen LogP contribution in [-0.2, 0) is 6.54 Å². The molecule has 1 unspecified atom stereocenters.